The van der Waals surface area contributed by atoms with E-state index in [2.05, 4.69) is 5.32 Å². The highest BCUT2D eigenvalue weighted by Gasteiger charge is 2.35. The fourth-order valence-electron chi connectivity index (χ4n) is 4.67. The Morgan fingerprint density at radius 3 is 2.53 bits per heavy atom. The molecule has 0 bridgehead atoms. The summed E-state index contributed by atoms with van der Waals surface area (Å²) in [4.78, 5) is 29.9. The van der Waals surface area contributed by atoms with Crippen LogP contribution in [0.4, 0.5) is 0 Å². The highest BCUT2D eigenvalue weighted by Crippen LogP contribution is 2.28. The van der Waals surface area contributed by atoms with Crippen LogP contribution >= 0.6 is 22.9 Å². The number of amides is 2. The smallest absolute Gasteiger partial charge is 0.247 e. The summed E-state index contributed by atoms with van der Waals surface area (Å²) in [7, 11) is 0. The first-order chi connectivity index (χ1) is 15.6. The number of rotatable bonds is 8. The molecule has 1 aromatic heterocycles. The number of halogens is 1. The number of carbonyl (C=O) groups excluding carboxylic acids is 2. The van der Waals surface area contributed by atoms with Crippen LogP contribution < -0.4 is 5.32 Å². The molecule has 7 heteroatoms. The molecule has 1 N–H and O–H groups in total. The predicted molar refractivity (Wildman–Crippen MR) is 128 cm³/mol. The zero-order chi connectivity index (χ0) is 22.3. The normalized spacial score (nSPS) is 20.1. The number of nitrogens with zero attached hydrogens (tertiary/aromatic N) is 1. The molecular weight excluding hydrogens is 444 g/mol. The fraction of sp³-hybridized carbons (Fsp3) is 0.520. The SMILES string of the molecule is O=C(NC1CCCCC1)[C@@H](c1ccc(Cl)cc1)N(C[C@H]1CCCO1)C(=O)Cc1cccs1. The molecule has 2 heterocycles. The first kappa shape index (κ1) is 23.3. The van der Waals surface area contributed by atoms with Crippen LogP contribution in [0.1, 0.15) is 61.4 Å². The third kappa shape index (κ3) is 6.12. The van der Waals surface area contributed by atoms with Crippen molar-refractivity contribution < 1.29 is 14.3 Å². The van der Waals surface area contributed by atoms with Crippen molar-refractivity contribution in [1.82, 2.24) is 10.2 Å². The van der Waals surface area contributed by atoms with Gasteiger partial charge in [0, 0.05) is 29.1 Å². The summed E-state index contributed by atoms with van der Waals surface area (Å²) in [6.45, 7) is 1.12. The Labute approximate surface area is 199 Å². The van der Waals surface area contributed by atoms with E-state index < -0.39 is 6.04 Å². The van der Waals surface area contributed by atoms with Gasteiger partial charge in [0.15, 0.2) is 0 Å². The topological polar surface area (TPSA) is 58.6 Å². The third-order valence-electron chi connectivity index (χ3n) is 6.35. The molecule has 5 nitrogen and oxygen atoms in total. The van der Waals surface area contributed by atoms with Gasteiger partial charge in [-0.2, -0.15) is 0 Å². The van der Waals surface area contributed by atoms with Gasteiger partial charge in [-0.1, -0.05) is 49.1 Å². The Morgan fingerprint density at radius 1 is 1.09 bits per heavy atom. The summed E-state index contributed by atoms with van der Waals surface area (Å²) in [5, 5.41) is 5.83. The van der Waals surface area contributed by atoms with Crippen LogP contribution in [-0.4, -0.2) is 42.0 Å². The van der Waals surface area contributed by atoms with Crippen molar-refractivity contribution >= 4 is 34.8 Å². The lowest BCUT2D eigenvalue weighted by molar-refractivity contribution is -0.142. The molecule has 0 spiro atoms. The van der Waals surface area contributed by atoms with Gasteiger partial charge in [-0.15, -0.1) is 11.3 Å². The molecule has 2 aliphatic rings. The van der Waals surface area contributed by atoms with E-state index in [9.17, 15) is 9.59 Å². The van der Waals surface area contributed by atoms with Gasteiger partial charge in [0.1, 0.15) is 6.04 Å². The number of benzene rings is 1. The van der Waals surface area contributed by atoms with Crippen LogP contribution in [0.5, 0.6) is 0 Å². The minimum Gasteiger partial charge on any atom is -0.376 e. The van der Waals surface area contributed by atoms with Gasteiger partial charge in [-0.25, -0.2) is 0 Å². The van der Waals surface area contributed by atoms with Gasteiger partial charge in [-0.3, -0.25) is 9.59 Å². The standard InChI is InChI=1S/C25H31ClN2O3S/c26-19-12-10-18(11-13-19)24(25(30)27-20-6-2-1-3-7-20)28(17-21-8-4-14-31-21)23(29)16-22-9-5-15-32-22/h5,9-13,15,20-21,24H,1-4,6-8,14,16-17H2,(H,27,30)/t21-,24-/m1/s1. The van der Waals surface area contributed by atoms with Gasteiger partial charge in [0.05, 0.1) is 12.5 Å². The summed E-state index contributed by atoms with van der Waals surface area (Å²) in [5.74, 6) is -0.168. The van der Waals surface area contributed by atoms with Gasteiger partial charge < -0.3 is 15.0 Å². The lowest BCUT2D eigenvalue weighted by Crippen LogP contribution is -2.49. The summed E-state index contributed by atoms with van der Waals surface area (Å²) < 4.78 is 5.86. The van der Waals surface area contributed by atoms with Crippen molar-refractivity contribution in [3.05, 3.63) is 57.2 Å². The second-order valence-electron chi connectivity index (χ2n) is 8.73. The maximum absolute atomic E-state index is 13.6. The molecule has 2 atom stereocenters. The van der Waals surface area contributed by atoms with E-state index in [0.29, 0.717) is 18.2 Å². The Balaban J connectivity index is 1.62. The summed E-state index contributed by atoms with van der Waals surface area (Å²) in [6, 6.07) is 10.7. The minimum absolute atomic E-state index is 0.0421. The first-order valence-corrected chi connectivity index (χ1v) is 12.8. The fourth-order valence-corrected chi connectivity index (χ4v) is 5.49. The van der Waals surface area contributed by atoms with E-state index in [0.717, 1.165) is 49.0 Å². The van der Waals surface area contributed by atoms with Crippen molar-refractivity contribution in [3.63, 3.8) is 0 Å². The maximum atomic E-state index is 13.6. The largest absolute Gasteiger partial charge is 0.376 e. The zero-order valence-corrected chi connectivity index (χ0v) is 19.9. The van der Waals surface area contributed by atoms with E-state index in [1.54, 1.807) is 28.4 Å². The Morgan fingerprint density at radius 2 is 1.88 bits per heavy atom. The van der Waals surface area contributed by atoms with E-state index in [1.165, 1.54) is 6.42 Å². The number of nitrogens with one attached hydrogen (secondary N) is 1. The highest BCUT2D eigenvalue weighted by atomic mass is 35.5. The molecule has 1 saturated heterocycles. The lowest BCUT2D eigenvalue weighted by atomic mass is 9.94. The van der Waals surface area contributed by atoms with Crippen molar-refractivity contribution in [2.45, 2.75) is 69.6 Å². The molecule has 0 unspecified atom stereocenters. The van der Waals surface area contributed by atoms with E-state index in [1.807, 2.05) is 29.6 Å². The van der Waals surface area contributed by atoms with E-state index >= 15 is 0 Å². The summed E-state index contributed by atoms with van der Waals surface area (Å²) in [5.41, 5.74) is 0.778. The number of carbonyl (C=O) groups is 2. The molecule has 1 aromatic carbocycles. The van der Waals surface area contributed by atoms with Gasteiger partial charge >= 0.3 is 0 Å². The van der Waals surface area contributed by atoms with Crippen molar-refractivity contribution in [2.75, 3.05) is 13.2 Å². The Bertz CT molecular complexity index is 875. The average molecular weight is 475 g/mol. The van der Waals surface area contributed by atoms with Crippen LogP contribution in [-0.2, 0) is 20.7 Å². The molecule has 1 aliphatic heterocycles. The van der Waals surface area contributed by atoms with Crippen LogP contribution in [0.25, 0.3) is 0 Å². The Hall–Kier alpha value is -1.89. The van der Waals surface area contributed by atoms with Crippen molar-refractivity contribution in [1.29, 1.82) is 0 Å². The lowest BCUT2D eigenvalue weighted by Gasteiger charge is -2.34. The average Bonchev–Trinajstić information content (AvgIpc) is 3.49. The quantitative estimate of drug-likeness (QED) is 0.576. The zero-order valence-electron chi connectivity index (χ0n) is 18.3. The molecular formula is C25H31ClN2O3S. The second-order valence-corrected chi connectivity index (χ2v) is 10.2. The molecule has 2 fully saturated rings. The molecule has 0 radical (unpaired) electrons. The molecule has 4 rings (SSSR count). The van der Waals surface area contributed by atoms with E-state index in [4.69, 9.17) is 16.3 Å². The number of hydrogen-bond acceptors (Lipinski definition) is 4. The van der Waals surface area contributed by atoms with Crippen LogP contribution in [0.3, 0.4) is 0 Å². The van der Waals surface area contributed by atoms with E-state index in [-0.39, 0.29) is 30.4 Å². The molecule has 32 heavy (non-hydrogen) atoms. The highest BCUT2D eigenvalue weighted by molar-refractivity contribution is 7.10. The number of hydrogen-bond donors (Lipinski definition) is 1. The molecule has 2 amide bonds. The van der Waals surface area contributed by atoms with Crippen LogP contribution in [0.2, 0.25) is 5.02 Å². The number of ether oxygens (including phenoxy) is 1. The maximum Gasteiger partial charge on any atom is 0.247 e. The van der Waals surface area contributed by atoms with Crippen LogP contribution in [0, 0.1) is 0 Å². The predicted octanol–water partition coefficient (Wildman–Crippen LogP) is 5.14. The third-order valence-corrected chi connectivity index (χ3v) is 7.48. The molecule has 2 aromatic rings. The second kappa shape index (κ2) is 11.3. The monoisotopic (exact) mass is 474 g/mol. The van der Waals surface area contributed by atoms with Crippen LogP contribution in [0.15, 0.2) is 41.8 Å². The summed E-state index contributed by atoms with van der Waals surface area (Å²) in [6.07, 6.45) is 7.60. The first-order valence-electron chi connectivity index (χ1n) is 11.6. The Kier molecular flexibility index (Phi) is 8.22. The molecule has 1 saturated carbocycles. The molecule has 1 aliphatic carbocycles. The van der Waals surface area contributed by atoms with Gasteiger partial charge in [0.25, 0.3) is 0 Å². The van der Waals surface area contributed by atoms with Gasteiger partial charge in [0.2, 0.25) is 11.8 Å². The van der Waals surface area contributed by atoms with Gasteiger partial charge in [-0.05, 0) is 54.8 Å². The van der Waals surface area contributed by atoms with Crippen molar-refractivity contribution in [3.8, 4) is 0 Å². The molecule has 172 valence electrons. The van der Waals surface area contributed by atoms with Crippen molar-refractivity contribution in [2.24, 2.45) is 0 Å². The number of thiophene rings is 1. The summed E-state index contributed by atoms with van der Waals surface area (Å²) >= 11 is 7.69. The minimum atomic E-state index is -0.703.